The molecule has 0 aromatic heterocycles. The fourth-order valence-corrected chi connectivity index (χ4v) is 2.90. The van der Waals surface area contributed by atoms with Gasteiger partial charge in [-0.15, -0.1) is 0 Å². The second kappa shape index (κ2) is 9.24. The predicted molar refractivity (Wildman–Crippen MR) is 107 cm³/mol. The van der Waals surface area contributed by atoms with E-state index in [1.165, 1.54) is 11.6 Å². The van der Waals surface area contributed by atoms with E-state index in [1.807, 2.05) is 18.2 Å². The van der Waals surface area contributed by atoms with Crippen LogP contribution in [0.3, 0.4) is 0 Å². The van der Waals surface area contributed by atoms with Crippen LogP contribution in [0.25, 0.3) is 6.08 Å². The highest BCUT2D eigenvalue weighted by molar-refractivity contribution is 5.91. The minimum atomic E-state index is -0.125. The van der Waals surface area contributed by atoms with Crippen molar-refractivity contribution in [3.8, 4) is 11.5 Å². The Hall–Kier alpha value is -2.79. The van der Waals surface area contributed by atoms with Crippen molar-refractivity contribution in [2.24, 2.45) is 0 Å². The summed E-state index contributed by atoms with van der Waals surface area (Å²) in [4.78, 5) is 14.4. The topological polar surface area (TPSA) is 50.8 Å². The zero-order chi connectivity index (χ0) is 19.1. The van der Waals surface area contributed by atoms with Crippen molar-refractivity contribution >= 4 is 12.0 Å². The van der Waals surface area contributed by atoms with Crippen LogP contribution in [-0.2, 0) is 17.9 Å². The smallest absolute Gasteiger partial charge is 0.244 e. The lowest BCUT2D eigenvalue weighted by Gasteiger charge is -2.18. The first-order valence-corrected chi connectivity index (χ1v) is 9.33. The SMILES string of the molecule is CCN(CC)Cc1ccc(CNC(=O)/C=C/c2ccc3c(c2)OCO3)cc1. The molecule has 3 rings (SSSR count). The number of fused-ring (bicyclic) bond motifs is 1. The lowest BCUT2D eigenvalue weighted by atomic mass is 10.1. The molecule has 1 amide bonds. The Morgan fingerprint density at radius 1 is 1.04 bits per heavy atom. The van der Waals surface area contributed by atoms with E-state index in [2.05, 4.69) is 48.3 Å². The van der Waals surface area contributed by atoms with Crippen LogP contribution < -0.4 is 14.8 Å². The van der Waals surface area contributed by atoms with Gasteiger partial charge in [0.2, 0.25) is 12.7 Å². The van der Waals surface area contributed by atoms with Crippen molar-refractivity contribution in [3.63, 3.8) is 0 Å². The van der Waals surface area contributed by atoms with Gasteiger partial charge >= 0.3 is 0 Å². The van der Waals surface area contributed by atoms with E-state index in [9.17, 15) is 4.79 Å². The predicted octanol–water partition coefficient (Wildman–Crippen LogP) is 3.59. The number of carbonyl (C=O) groups excluding carboxylic acids is 1. The first-order valence-electron chi connectivity index (χ1n) is 9.33. The van der Waals surface area contributed by atoms with Crippen LogP contribution in [0, 0.1) is 0 Å². The van der Waals surface area contributed by atoms with Crippen molar-refractivity contribution < 1.29 is 14.3 Å². The normalized spacial score (nSPS) is 12.7. The molecule has 0 aliphatic carbocycles. The van der Waals surface area contributed by atoms with Gasteiger partial charge in [0, 0.05) is 19.2 Å². The van der Waals surface area contributed by atoms with Gasteiger partial charge in [-0.25, -0.2) is 0 Å². The molecule has 27 heavy (non-hydrogen) atoms. The van der Waals surface area contributed by atoms with Gasteiger partial charge in [-0.05, 0) is 48.0 Å². The number of ether oxygens (including phenoxy) is 2. The lowest BCUT2D eigenvalue weighted by Crippen LogP contribution is -2.22. The third kappa shape index (κ3) is 5.34. The highest BCUT2D eigenvalue weighted by atomic mass is 16.7. The van der Waals surface area contributed by atoms with E-state index in [4.69, 9.17) is 9.47 Å². The molecule has 5 nitrogen and oxygen atoms in total. The lowest BCUT2D eigenvalue weighted by molar-refractivity contribution is -0.116. The molecule has 2 aromatic rings. The molecule has 0 spiro atoms. The van der Waals surface area contributed by atoms with Crippen LogP contribution in [0.15, 0.2) is 48.5 Å². The van der Waals surface area contributed by atoms with Crippen molar-refractivity contribution in [3.05, 3.63) is 65.2 Å². The summed E-state index contributed by atoms with van der Waals surface area (Å²) >= 11 is 0. The second-order valence-corrected chi connectivity index (χ2v) is 6.44. The zero-order valence-electron chi connectivity index (χ0n) is 15.9. The summed E-state index contributed by atoms with van der Waals surface area (Å²) in [7, 11) is 0. The van der Waals surface area contributed by atoms with E-state index in [0.717, 1.165) is 36.5 Å². The summed E-state index contributed by atoms with van der Waals surface area (Å²) in [5.41, 5.74) is 3.27. The maximum atomic E-state index is 12.1. The summed E-state index contributed by atoms with van der Waals surface area (Å²) in [6.45, 7) is 8.15. The van der Waals surface area contributed by atoms with E-state index >= 15 is 0 Å². The van der Waals surface area contributed by atoms with Crippen molar-refractivity contribution in [1.29, 1.82) is 0 Å². The van der Waals surface area contributed by atoms with Crippen molar-refractivity contribution in [2.75, 3.05) is 19.9 Å². The third-order valence-electron chi connectivity index (χ3n) is 4.61. The van der Waals surface area contributed by atoms with Gasteiger partial charge in [-0.1, -0.05) is 44.2 Å². The molecular weight excluding hydrogens is 340 g/mol. The fourth-order valence-electron chi connectivity index (χ4n) is 2.90. The molecule has 1 aliphatic heterocycles. The van der Waals surface area contributed by atoms with Gasteiger partial charge in [0.25, 0.3) is 0 Å². The minimum Gasteiger partial charge on any atom is -0.454 e. The maximum Gasteiger partial charge on any atom is 0.244 e. The minimum absolute atomic E-state index is 0.125. The molecule has 1 heterocycles. The molecular formula is C22H26N2O3. The molecule has 0 saturated heterocycles. The molecule has 0 atom stereocenters. The molecule has 0 fully saturated rings. The molecule has 1 N–H and O–H groups in total. The number of nitrogens with one attached hydrogen (secondary N) is 1. The first-order chi connectivity index (χ1) is 13.2. The Morgan fingerprint density at radius 3 is 2.48 bits per heavy atom. The van der Waals surface area contributed by atoms with Gasteiger partial charge in [-0.3, -0.25) is 9.69 Å². The van der Waals surface area contributed by atoms with Gasteiger partial charge in [-0.2, -0.15) is 0 Å². The Labute approximate surface area is 160 Å². The molecule has 0 unspecified atom stereocenters. The summed E-state index contributed by atoms with van der Waals surface area (Å²) < 4.78 is 10.6. The quantitative estimate of drug-likeness (QED) is 0.726. The largest absolute Gasteiger partial charge is 0.454 e. The average molecular weight is 366 g/mol. The van der Waals surface area contributed by atoms with Crippen molar-refractivity contribution in [2.45, 2.75) is 26.9 Å². The zero-order valence-corrected chi connectivity index (χ0v) is 15.9. The van der Waals surface area contributed by atoms with Crippen LogP contribution in [-0.4, -0.2) is 30.7 Å². The number of carbonyl (C=O) groups is 1. The van der Waals surface area contributed by atoms with Gasteiger partial charge in [0.05, 0.1) is 0 Å². The standard InChI is InChI=1S/C22H26N2O3/c1-3-24(4-2)15-19-7-5-18(6-8-19)14-23-22(25)12-10-17-9-11-20-21(13-17)27-16-26-20/h5-13H,3-4,14-16H2,1-2H3,(H,23,25)/b12-10+. The maximum absolute atomic E-state index is 12.1. The Morgan fingerprint density at radius 2 is 1.74 bits per heavy atom. The molecule has 0 radical (unpaired) electrons. The van der Waals surface area contributed by atoms with Crippen LogP contribution in [0.1, 0.15) is 30.5 Å². The van der Waals surface area contributed by atoms with Gasteiger partial charge < -0.3 is 14.8 Å². The number of nitrogens with zero attached hydrogens (tertiary/aromatic N) is 1. The van der Waals surface area contributed by atoms with E-state index < -0.39 is 0 Å². The van der Waals surface area contributed by atoms with Crippen LogP contribution in [0.2, 0.25) is 0 Å². The number of rotatable bonds is 8. The third-order valence-corrected chi connectivity index (χ3v) is 4.61. The molecule has 2 aromatic carbocycles. The van der Waals surface area contributed by atoms with Crippen molar-refractivity contribution in [1.82, 2.24) is 10.2 Å². The van der Waals surface area contributed by atoms with Crippen LogP contribution in [0.4, 0.5) is 0 Å². The monoisotopic (exact) mass is 366 g/mol. The van der Waals surface area contributed by atoms with Crippen LogP contribution in [0.5, 0.6) is 11.5 Å². The molecule has 0 saturated carbocycles. The average Bonchev–Trinajstić information content (AvgIpc) is 3.17. The number of hydrogen-bond acceptors (Lipinski definition) is 4. The van der Waals surface area contributed by atoms with Crippen LogP contribution >= 0.6 is 0 Å². The van der Waals surface area contributed by atoms with E-state index in [-0.39, 0.29) is 12.7 Å². The Balaban J connectivity index is 1.48. The molecule has 0 bridgehead atoms. The summed E-state index contributed by atoms with van der Waals surface area (Å²) in [6.07, 6.45) is 3.30. The van der Waals surface area contributed by atoms with Gasteiger partial charge in [0.15, 0.2) is 11.5 Å². The Bertz CT molecular complexity index is 796. The Kier molecular flexibility index (Phi) is 6.49. The fraction of sp³-hybridized carbons (Fsp3) is 0.318. The molecule has 5 heteroatoms. The number of hydrogen-bond donors (Lipinski definition) is 1. The molecule has 1 aliphatic rings. The summed E-state index contributed by atoms with van der Waals surface area (Å²) in [5, 5.41) is 2.91. The number of amides is 1. The highest BCUT2D eigenvalue weighted by Crippen LogP contribution is 2.32. The summed E-state index contributed by atoms with van der Waals surface area (Å²) in [5.74, 6) is 1.32. The second-order valence-electron chi connectivity index (χ2n) is 6.44. The first kappa shape index (κ1) is 19.0. The van der Waals surface area contributed by atoms with E-state index in [1.54, 1.807) is 6.08 Å². The van der Waals surface area contributed by atoms with E-state index in [0.29, 0.717) is 12.3 Å². The highest BCUT2D eigenvalue weighted by Gasteiger charge is 2.12. The van der Waals surface area contributed by atoms with Gasteiger partial charge in [0.1, 0.15) is 0 Å². The summed E-state index contributed by atoms with van der Waals surface area (Å²) in [6, 6.07) is 14.0. The molecule has 142 valence electrons. The number of benzene rings is 2.